The molecule has 2 rings (SSSR count). The Labute approximate surface area is 127 Å². The third-order valence-electron chi connectivity index (χ3n) is 4.07. The molecule has 1 heterocycles. The molecule has 1 aromatic rings. The standard InChI is InChI=1S/C16H25NO3S/c1-12-11-13(18)9-10-17(12)21(19,20)15-8-6-5-7-14(15)16(2,3)4/h5-8,12-13,18H,9-11H2,1-4H3/t12-,13+/m0/s1. The van der Waals surface area contributed by atoms with Crippen LogP contribution in [0.1, 0.15) is 46.1 Å². The van der Waals surface area contributed by atoms with Gasteiger partial charge in [0.1, 0.15) is 0 Å². The largest absolute Gasteiger partial charge is 0.393 e. The highest BCUT2D eigenvalue weighted by atomic mass is 32.2. The fourth-order valence-electron chi connectivity index (χ4n) is 2.92. The molecule has 5 heteroatoms. The average molecular weight is 311 g/mol. The molecule has 0 radical (unpaired) electrons. The molecule has 1 aliphatic rings. The maximum absolute atomic E-state index is 13.0. The van der Waals surface area contributed by atoms with Gasteiger partial charge in [-0.05, 0) is 36.8 Å². The lowest BCUT2D eigenvalue weighted by Crippen LogP contribution is -2.46. The lowest BCUT2D eigenvalue weighted by Gasteiger charge is -2.36. The van der Waals surface area contributed by atoms with E-state index in [1.54, 1.807) is 12.1 Å². The van der Waals surface area contributed by atoms with E-state index in [9.17, 15) is 13.5 Å². The lowest BCUT2D eigenvalue weighted by molar-refractivity contribution is 0.0866. The molecule has 1 aromatic carbocycles. The summed E-state index contributed by atoms with van der Waals surface area (Å²) >= 11 is 0. The van der Waals surface area contributed by atoms with Gasteiger partial charge in [0.25, 0.3) is 0 Å². The molecular weight excluding hydrogens is 286 g/mol. The number of piperidine rings is 1. The van der Waals surface area contributed by atoms with Crippen LogP contribution in [-0.2, 0) is 15.4 Å². The van der Waals surface area contributed by atoms with Gasteiger partial charge in [-0.1, -0.05) is 39.0 Å². The zero-order chi connectivity index (χ0) is 15.8. The molecule has 0 bridgehead atoms. The minimum Gasteiger partial charge on any atom is -0.393 e. The summed E-state index contributed by atoms with van der Waals surface area (Å²) in [5.74, 6) is 0. The Balaban J connectivity index is 2.46. The van der Waals surface area contributed by atoms with Crippen LogP contribution in [0.4, 0.5) is 0 Å². The van der Waals surface area contributed by atoms with Crippen molar-refractivity contribution in [2.24, 2.45) is 0 Å². The molecule has 1 saturated heterocycles. The minimum absolute atomic E-state index is 0.174. The smallest absolute Gasteiger partial charge is 0.243 e. The number of hydrogen-bond acceptors (Lipinski definition) is 3. The average Bonchev–Trinajstić information content (AvgIpc) is 2.37. The van der Waals surface area contributed by atoms with Crippen LogP contribution in [0.15, 0.2) is 29.2 Å². The van der Waals surface area contributed by atoms with Crippen LogP contribution in [0, 0.1) is 0 Å². The first-order valence-electron chi connectivity index (χ1n) is 7.43. The molecule has 1 fully saturated rings. The lowest BCUT2D eigenvalue weighted by atomic mass is 9.87. The van der Waals surface area contributed by atoms with Gasteiger partial charge in [-0.25, -0.2) is 8.42 Å². The summed E-state index contributed by atoms with van der Waals surface area (Å²) in [4.78, 5) is 0.390. The maximum Gasteiger partial charge on any atom is 0.243 e. The highest BCUT2D eigenvalue weighted by molar-refractivity contribution is 7.89. The fraction of sp³-hybridized carbons (Fsp3) is 0.625. The summed E-state index contributed by atoms with van der Waals surface area (Å²) in [7, 11) is -3.53. The number of benzene rings is 1. The van der Waals surface area contributed by atoms with Crippen molar-refractivity contribution in [3.8, 4) is 0 Å². The second-order valence-electron chi connectivity index (χ2n) is 6.89. The summed E-state index contributed by atoms with van der Waals surface area (Å²) in [6.45, 7) is 8.29. The van der Waals surface area contributed by atoms with Crippen molar-refractivity contribution >= 4 is 10.0 Å². The number of hydrogen-bond donors (Lipinski definition) is 1. The van der Waals surface area contributed by atoms with Crippen molar-refractivity contribution in [3.05, 3.63) is 29.8 Å². The quantitative estimate of drug-likeness (QED) is 0.913. The predicted octanol–water partition coefficient (Wildman–Crippen LogP) is 2.52. The second-order valence-corrected chi connectivity index (χ2v) is 8.75. The molecule has 1 aliphatic heterocycles. The third kappa shape index (κ3) is 3.30. The Morgan fingerprint density at radius 3 is 2.43 bits per heavy atom. The minimum atomic E-state index is -3.53. The van der Waals surface area contributed by atoms with Crippen molar-refractivity contribution in [1.82, 2.24) is 4.31 Å². The summed E-state index contributed by atoms with van der Waals surface area (Å²) in [6.07, 6.45) is 0.599. The Hall–Kier alpha value is -0.910. The summed E-state index contributed by atoms with van der Waals surface area (Å²) in [5.41, 5.74) is 0.602. The molecule has 4 nitrogen and oxygen atoms in total. The Bertz CT molecular complexity index is 604. The molecule has 0 spiro atoms. The molecule has 0 amide bonds. The SMILES string of the molecule is C[C@H]1C[C@H](O)CCN1S(=O)(=O)c1ccccc1C(C)(C)C. The van der Waals surface area contributed by atoms with E-state index in [2.05, 4.69) is 0 Å². The molecule has 0 aliphatic carbocycles. The van der Waals surface area contributed by atoms with Crippen LogP contribution in [0.2, 0.25) is 0 Å². The van der Waals surface area contributed by atoms with Crippen LogP contribution in [0.25, 0.3) is 0 Å². The number of nitrogens with zero attached hydrogens (tertiary/aromatic N) is 1. The highest BCUT2D eigenvalue weighted by Crippen LogP contribution is 2.32. The Morgan fingerprint density at radius 2 is 1.86 bits per heavy atom. The Kier molecular flexibility index (Phi) is 4.47. The number of aliphatic hydroxyl groups is 1. The van der Waals surface area contributed by atoms with E-state index in [-0.39, 0.29) is 11.5 Å². The summed E-state index contributed by atoms with van der Waals surface area (Å²) < 4.78 is 27.6. The first-order valence-corrected chi connectivity index (χ1v) is 8.87. The van der Waals surface area contributed by atoms with Gasteiger partial charge in [-0.2, -0.15) is 4.31 Å². The molecule has 1 N–H and O–H groups in total. The molecular formula is C16H25NO3S. The van der Waals surface area contributed by atoms with Crippen molar-refractivity contribution in [3.63, 3.8) is 0 Å². The molecule has 0 saturated carbocycles. The third-order valence-corrected chi connectivity index (χ3v) is 6.14. The van der Waals surface area contributed by atoms with Crippen molar-refractivity contribution in [2.75, 3.05) is 6.54 Å². The highest BCUT2D eigenvalue weighted by Gasteiger charge is 2.36. The van der Waals surface area contributed by atoms with E-state index in [0.29, 0.717) is 24.3 Å². The van der Waals surface area contributed by atoms with E-state index in [4.69, 9.17) is 0 Å². The van der Waals surface area contributed by atoms with Crippen LogP contribution >= 0.6 is 0 Å². The molecule has 2 atom stereocenters. The summed E-state index contributed by atoms with van der Waals surface area (Å²) in [5, 5.41) is 9.70. The van der Waals surface area contributed by atoms with Gasteiger partial charge in [0.05, 0.1) is 11.0 Å². The fourth-order valence-corrected chi connectivity index (χ4v) is 4.98. The van der Waals surface area contributed by atoms with Crippen molar-refractivity contribution in [1.29, 1.82) is 0 Å². The van der Waals surface area contributed by atoms with Crippen LogP contribution in [0.3, 0.4) is 0 Å². The number of sulfonamides is 1. The van der Waals surface area contributed by atoms with Crippen LogP contribution in [-0.4, -0.2) is 36.5 Å². The van der Waals surface area contributed by atoms with E-state index < -0.39 is 16.1 Å². The molecule has 21 heavy (non-hydrogen) atoms. The predicted molar refractivity (Wildman–Crippen MR) is 83.7 cm³/mol. The molecule has 0 unspecified atom stereocenters. The molecule has 118 valence electrons. The van der Waals surface area contributed by atoms with Gasteiger partial charge >= 0.3 is 0 Å². The van der Waals surface area contributed by atoms with Gasteiger partial charge in [-0.15, -0.1) is 0 Å². The van der Waals surface area contributed by atoms with Gasteiger partial charge in [0.15, 0.2) is 0 Å². The topological polar surface area (TPSA) is 57.6 Å². The normalized spacial score (nSPS) is 25.0. The number of rotatable bonds is 2. The first-order chi connectivity index (χ1) is 9.64. The van der Waals surface area contributed by atoms with Gasteiger partial charge in [-0.3, -0.25) is 0 Å². The monoisotopic (exact) mass is 311 g/mol. The molecule has 0 aromatic heterocycles. The van der Waals surface area contributed by atoms with Gasteiger partial charge in [0.2, 0.25) is 10.0 Å². The van der Waals surface area contributed by atoms with Crippen LogP contribution in [0.5, 0.6) is 0 Å². The Morgan fingerprint density at radius 1 is 1.24 bits per heavy atom. The second kappa shape index (κ2) is 5.71. The van der Waals surface area contributed by atoms with Crippen molar-refractivity contribution < 1.29 is 13.5 Å². The zero-order valence-electron chi connectivity index (χ0n) is 13.2. The zero-order valence-corrected chi connectivity index (χ0v) is 14.0. The van der Waals surface area contributed by atoms with E-state index >= 15 is 0 Å². The van der Waals surface area contributed by atoms with Gasteiger partial charge < -0.3 is 5.11 Å². The van der Waals surface area contributed by atoms with Gasteiger partial charge in [0, 0.05) is 12.6 Å². The van der Waals surface area contributed by atoms with Crippen LogP contribution < -0.4 is 0 Å². The first kappa shape index (κ1) is 16.5. The summed E-state index contributed by atoms with van der Waals surface area (Å²) in [6, 6.07) is 7.05. The van der Waals surface area contributed by atoms with E-state index in [1.165, 1.54) is 4.31 Å². The maximum atomic E-state index is 13.0. The van der Waals surface area contributed by atoms with E-state index in [0.717, 1.165) is 5.56 Å². The van der Waals surface area contributed by atoms with E-state index in [1.807, 2.05) is 39.8 Å². The van der Waals surface area contributed by atoms with Crippen molar-refractivity contribution in [2.45, 2.75) is 63.0 Å². The number of aliphatic hydroxyl groups excluding tert-OH is 1.